The number of quaternary nitrogens is 1. The van der Waals surface area contributed by atoms with Gasteiger partial charge in [-0.05, 0) is 12.8 Å². The third kappa shape index (κ3) is 24.5. The molecule has 38 heavy (non-hydrogen) atoms. The van der Waals surface area contributed by atoms with E-state index in [1.54, 1.807) is 0 Å². The Kier molecular flexibility index (Phi) is 22.9. The van der Waals surface area contributed by atoms with Crippen molar-refractivity contribution < 1.29 is 32.9 Å². The third-order valence-corrected chi connectivity index (χ3v) is 7.84. The van der Waals surface area contributed by atoms with Crippen molar-refractivity contribution >= 4 is 13.7 Å². The number of amides is 1. The number of nitrogens with one attached hydrogen (secondary N) is 1. The number of rotatable bonds is 27. The molecule has 0 heterocycles. The van der Waals surface area contributed by atoms with E-state index < -0.39 is 20.0 Å². The van der Waals surface area contributed by atoms with Crippen molar-refractivity contribution in [2.75, 3.05) is 40.9 Å². The molecule has 0 aliphatic rings. The second-order valence-corrected chi connectivity index (χ2v) is 13.3. The summed E-state index contributed by atoms with van der Waals surface area (Å²) in [7, 11) is 1.61. The number of carbonyl (C=O) groups is 1. The third-order valence-electron chi connectivity index (χ3n) is 6.86. The predicted molar refractivity (Wildman–Crippen MR) is 157 cm³/mol. The molecule has 0 aromatic carbocycles. The van der Waals surface area contributed by atoms with E-state index in [0.717, 1.165) is 51.4 Å². The van der Waals surface area contributed by atoms with Gasteiger partial charge < -0.3 is 19.8 Å². The van der Waals surface area contributed by atoms with Crippen LogP contribution in [0.5, 0.6) is 0 Å². The minimum Gasteiger partial charge on any atom is -0.391 e. The molecule has 3 N–H and O–H groups in total. The molecule has 0 aliphatic heterocycles. The van der Waals surface area contributed by atoms with Crippen LogP contribution in [0.4, 0.5) is 0 Å². The zero-order chi connectivity index (χ0) is 28.7. The van der Waals surface area contributed by atoms with E-state index in [2.05, 4.69) is 19.2 Å². The van der Waals surface area contributed by atoms with Crippen LogP contribution in [-0.4, -0.2) is 73.4 Å². The Morgan fingerprint density at radius 2 is 1.26 bits per heavy atom. The largest absolute Gasteiger partial charge is 0.472 e. The van der Waals surface area contributed by atoms with E-state index in [0.29, 0.717) is 23.9 Å². The topological polar surface area (TPSA) is 105 Å². The Hall–Kier alpha value is -0.500. The molecule has 0 radical (unpaired) electrons. The SMILES string of the molecule is CCCCCCCCCCCCCC(O)C(COP(=O)(O)OCC[N+](C)(C)C)NC(=O)CCCCCCC. The van der Waals surface area contributed by atoms with E-state index in [4.69, 9.17) is 9.05 Å². The van der Waals surface area contributed by atoms with Crippen molar-refractivity contribution in [1.82, 2.24) is 5.32 Å². The van der Waals surface area contributed by atoms with Crippen LogP contribution >= 0.6 is 7.82 Å². The first-order valence-electron chi connectivity index (χ1n) is 15.4. The van der Waals surface area contributed by atoms with Crippen LogP contribution in [0.15, 0.2) is 0 Å². The number of aliphatic hydroxyl groups is 1. The number of unbranched alkanes of at least 4 members (excludes halogenated alkanes) is 14. The standard InChI is InChI=1S/C29H61N2O6P/c1-6-8-10-12-13-14-15-16-17-19-20-22-28(32)27(30-29(33)23-21-18-11-9-7-2)26-37-38(34,35)36-25-24-31(3,4)5/h27-28,32H,6-26H2,1-5H3,(H-,30,33,34,35)/p+1. The number of hydrogen-bond donors (Lipinski definition) is 3. The highest BCUT2D eigenvalue weighted by molar-refractivity contribution is 7.47. The second kappa shape index (κ2) is 23.2. The summed E-state index contributed by atoms with van der Waals surface area (Å²) in [5.41, 5.74) is 0. The van der Waals surface area contributed by atoms with Gasteiger partial charge in [0.15, 0.2) is 0 Å². The maximum atomic E-state index is 12.5. The Labute approximate surface area is 234 Å². The lowest BCUT2D eigenvalue weighted by Crippen LogP contribution is -2.46. The highest BCUT2D eigenvalue weighted by Crippen LogP contribution is 2.43. The van der Waals surface area contributed by atoms with Crippen LogP contribution in [0, 0.1) is 0 Å². The van der Waals surface area contributed by atoms with Crippen LogP contribution in [-0.2, 0) is 18.4 Å². The number of carbonyl (C=O) groups excluding carboxylic acids is 1. The molecule has 3 unspecified atom stereocenters. The molecule has 0 aliphatic carbocycles. The zero-order valence-corrected chi connectivity index (χ0v) is 26.3. The molecule has 0 saturated carbocycles. The van der Waals surface area contributed by atoms with Gasteiger partial charge in [0.05, 0.1) is 39.9 Å². The lowest BCUT2D eigenvalue weighted by molar-refractivity contribution is -0.870. The fraction of sp³-hybridized carbons (Fsp3) is 0.966. The summed E-state index contributed by atoms with van der Waals surface area (Å²) < 4.78 is 23.2. The second-order valence-electron chi connectivity index (χ2n) is 11.8. The smallest absolute Gasteiger partial charge is 0.391 e. The fourth-order valence-corrected chi connectivity index (χ4v) is 5.01. The predicted octanol–water partition coefficient (Wildman–Crippen LogP) is 6.73. The van der Waals surface area contributed by atoms with Crippen LogP contribution in [0.1, 0.15) is 129 Å². The molecule has 0 aromatic rings. The number of phosphoric acid groups is 1. The average Bonchev–Trinajstić information content (AvgIpc) is 2.83. The molecule has 1 amide bonds. The minimum atomic E-state index is -4.28. The summed E-state index contributed by atoms with van der Waals surface area (Å²) in [5.74, 6) is -0.160. The van der Waals surface area contributed by atoms with Crippen molar-refractivity contribution in [3.8, 4) is 0 Å². The Balaban J connectivity index is 4.52. The molecular weight excluding hydrogens is 503 g/mol. The molecule has 0 rings (SSSR count). The van der Waals surface area contributed by atoms with Gasteiger partial charge in [-0.2, -0.15) is 0 Å². The highest BCUT2D eigenvalue weighted by Gasteiger charge is 2.28. The van der Waals surface area contributed by atoms with E-state index in [9.17, 15) is 19.4 Å². The first-order chi connectivity index (χ1) is 18.0. The normalized spacial score (nSPS) is 15.2. The number of hydrogen-bond acceptors (Lipinski definition) is 5. The van der Waals surface area contributed by atoms with E-state index in [-0.39, 0.29) is 19.1 Å². The molecule has 228 valence electrons. The van der Waals surface area contributed by atoms with E-state index in [1.807, 2.05) is 21.1 Å². The fourth-order valence-electron chi connectivity index (χ4n) is 4.28. The monoisotopic (exact) mass is 565 g/mol. The highest BCUT2D eigenvalue weighted by atomic mass is 31.2. The van der Waals surface area contributed by atoms with Crippen LogP contribution in [0.3, 0.4) is 0 Å². The summed E-state index contributed by atoms with van der Waals surface area (Å²) >= 11 is 0. The van der Waals surface area contributed by atoms with E-state index in [1.165, 1.54) is 51.4 Å². The molecule has 3 atom stereocenters. The van der Waals surface area contributed by atoms with Crippen molar-refractivity contribution in [1.29, 1.82) is 0 Å². The molecule has 0 saturated heterocycles. The number of likely N-dealkylation sites (N-methyl/N-ethyl adjacent to an activating group) is 1. The molecule has 8 nitrogen and oxygen atoms in total. The molecule has 9 heteroatoms. The summed E-state index contributed by atoms with van der Waals surface area (Å²) in [6, 6.07) is -0.747. The number of nitrogens with zero attached hydrogens (tertiary/aromatic N) is 1. The van der Waals surface area contributed by atoms with Gasteiger partial charge in [0.1, 0.15) is 13.2 Å². The Morgan fingerprint density at radius 3 is 1.76 bits per heavy atom. The van der Waals surface area contributed by atoms with Gasteiger partial charge in [0.2, 0.25) is 5.91 Å². The van der Waals surface area contributed by atoms with Crippen LogP contribution in [0.25, 0.3) is 0 Å². The van der Waals surface area contributed by atoms with Gasteiger partial charge in [-0.1, -0.05) is 110 Å². The minimum absolute atomic E-state index is 0.0767. The van der Waals surface area contributed by atoms with Gasteiger partial charge in [-0.3, -0.25) is 13.8 Å². The number of aliphatic hydroxyl groups excluding tert-OH is 1. The summed E-state index contributed by atoms with van der Waals surface area (Å²) in [6.45, 7) is 4.75. The lowest BCUT2D eigenvalue weighted by Gasteiger charge is -2.26. The lowest BCUT2D eigenvalue weighted by atomic mass is 10.0. The summed E-state index contributed by atoms with van der Waals surface area (Å²) in [4.78, 5) is 22.6. The first kappa shape index (κ1) is 37.5. The average molecular weight is 566 g/mol. The molecular formula is C29H62N2O6P+. The Morgan fingerprint density at radius 1 is 0.789 bits per heavy atom. The van der Waals surface area contributed by atoms with Crippen molar-refractivity contribution in [2.45, 2.75) is 142 Å². The summed E-state index contributed by atoms with van der Waals surface area (Å²) in [5, 5.41) is 13.7. The zero-order valence-electron chi connectivity index (χ0n) is 25.4. The quantitative estimate of drug-likeness (QED) is 0.0579. The maximum Gasteiger partial charge on any atom is 0.472 e. The van der Waals surface area contributed by atoms with Gasteiger partial charge in [0.25, 0.3) is 0 Å². The van der Waals surface area contributed by atoms with Gasteiger partial charge >= 0.3 is 7.82 Å². The van der Waals surface area contributed by atoms with Gasteiger partial charge in [-0.25, -0.2) is 4.57 Å². The number of phosphoric ester groups is 1. The van der Waals surface area contributed by atoms with Crippen molar-refractivity contribution in [3.63, 3.8) is 0 Å². The maximum absolute atomic E-state index is 12.5. The van der Waals surface area contributed by atoms with Gasteiger partial charge in [-0.15, -0.1) is 0 Å². The molecule has 0 bridgehead atoms. The van der Waals surface area contributed by atoms with E-state index >= 15 is 0 Å². The Bertz CT molecular complexity index is 614. The molecule has 0 spiro atoms. The van der Waals surface area contributed by atoms with Crippen molar-refractivity contribution in [3.05, 3.63) is 0 Å². The summed E-state index contributed by atoms with van der Waals surface area (Å²) in [6.07, 6.45) is 18.7. The van der Waals surface area contributed by atoms with Crippen LogP contribution in [0.2, 0.25) is 0 Å². The van der Waals surface area contributed by atoms with Crippen molar-refractivity contribution in [2.24, 2.45) is 0 Å². The first-order valence-corrected chi connectivity index (χ1v) is 16.9. The molecule has 0 aromatic heterocycles. The van der Waals surface area contributed by atoms with Gasteiger partial charge in [0, 0.05) is 6.42 Å². The molecule has 0 fully saturated rings. The van der Waals surface area contributed by atoms with Crippen LogP contribution < -0.4 is 5.32 Å².